The molecule has 1 fully saturated rings. The van der Waals surface area contributed by atoms with Crippen molar-refractivity contribution in [2.24, 2.45) is 7.05 Å². The minimum Gasteiger partial charge on any atom is -0.497 e. The van der Waals surface area contributed by atoms with Gasteiger partial charge in [-0.05, 0) is 23.8 Å². The van der Waals surface area contributed by atoms with Gasteiger partial charge in [0.2, 0.25) is 0 Å². The smallest absolute Gasteiger partial charge is 0.277 e. The number of nitrogens with zero attached hydrogens (tertiary/aromatic N) is 5. The maximum absolute atomic E-state index is 13.2. The van der Waals surface area contributed by atoms with Gasteiger partial charge in [-0.25, -0.2) is 4.98 Å². The first-order chi connectivity index (χ1) is 15.6. The van der Waals surface area contributed by atoms with E-state index in [0.717, 1.165) is 61.4 Å². The van der Waals surface area contributed by atoms with Gasteiger partial charge in [0.1, 0.15) is 16.8 Å². The molecule has 0 N–H and O–H groups in total. The third-order valence-corrected chi connectivity index (χ3v) is 6.54. The van der Waals surface area contributed by atoms with E-state index in [2.05, 4.69) is 45.1 Å². The van der Waals surface area contributed by atoms with E-state index in [4.69, 9.17) is 4.74 Å². The molecule has 0 saturated carbocycles. The van der Waals surface area contributed by atoms with Crippen molar-refractivity contribution >= 4 is 21.9 Å². The minimum absolute atomic E-state index is 0.00961. The first-order valence-electron chi connectivity index (χ1n) is 11.1. The normalized spacial score (nSPS) is 15.6. The van der Waals surface area contributed by atoms with Gasteiger partial charge in [-0.15, -0.1) is 0 Å². The summed E-state index contributed by atoms with van der Waals surface area (Å²) in [5, 5.41) is 0.945. The minimum atomic E-state index is 0.00961. The van der Waals surface area contributed by atoms with Crippen LogP contribution in [0.25, 0.3) is 21.9 Å². The zero-order valence-electron chi connectivity index (χ0n) is 18.7. The summed E-state index contributed by atoms with van der Waals surface area (Å²) in [7, 11) is 3.57. The van der Waals surface area contributed by atoms with E-state index in [9.17, 15) is 4.79 Å². The number of methoxy groups -OCH3 is 1. The molecule has 1 saturated heterocycles. The molecule has 0 bridgehead atoms. The molecule has 1 aliphatic rings. The van der Waals surface area contributed by atoms with Crippen molar-refractivity contribution in [1.29, 1.82) is 0 Å². The van der Waals surface area contributed by atoms with E-state index >= 15 is 0 Å². The maximum atomic E-state index is 13.2. The monoisotopic (exact) mass is 431 g/mol. The van der Waals surface area contributed by atoms with Crippen LogP contribution in [0.15, 0.2) is 59.7 Å². The second-order valence-corrected chi connectivity index (χ2v) is 8.49. The number of aromatic nitrogens is 3. The Morgan fingerprint density at radius 1 is 0.969 bits per heavy atom. The fourth-order valence-electron chi connectivity index (χ4n) is 4.64. The molecule has 3 heterocycles. The predicted octanol–water partition coefficient (Wildman–Crippen LogP) is 2.71. The van der Waals surface area contributed by atoms with Crippen LogP contribution in [0.5, 0.6) is 5.75 Å². The maximum Gasteiger partial charge on any atom is 0.277 e. The number of fused-ring (bicyclic) bond motifs is 3. The van der Waals surface area contributed by atoms with Crippen molar-refractivity contribution < 1.29 is 4.74 Å². The number of hydrogen-bond donors (Lipinski definition) is 0. The van der Waals surface area contributed by atoms with Crippen molar-refractivity contribution in [2.75, 3.05) is 39.8 Å². The van der Waals surface area contributed by atoms with Gasteiger partial charge in [0.15, 0.2) is 0 Å². The zero-order chi connectivity index (χ0) is 22.1. The van der Waals surface area contributed by atoms with Crippen LogP contribution in [0.4, 0.5) is 0 Å². The largest absolute Gasteiger partial charge is 0.497 e. The van der Waals surface area contributed by atoms with E-state index < -0.39 is 0 Å². The van der Waals surface area contributed by atoms with Crippen LogP contribution in [0.2, 0.25) is 0 Å². The lowest BCUT2D eigenvalue weighted by Crippen LogP contribution is -2.47. The van der Waals surface area contributed by atoms with Crippen LogP contribution in [0.1, 0.15) is 5.56 Å². The van der Waals surface area contributed by atoms with Gasteiger partial charge in [-0.2, -0.15) is 0 Å². The van der Waals surface area contributed by atoms with Crippen LogP contribution in [-0.2, 0) is 20.1 Å². The summed E-state index contributed by atoms with van der Waals surface area (Å²) in [4.78, 5) is 22.8. The molecule has 166 valence electrons. The lowest BCUT2D eigenvalue weighted by atomic mass is 10.2. The van der Waals surface area contributed by atoms with Crippen LogP contribution in [0.3, 0.4) is 0 Å². The molecular weight excluding hydrogens is 402 g/mol. The lowest BCUT2D eigenvalue weighted by molar-refractivity contribution is 0.124. The highest BCUT2D eigenvalue weighted by molar-refractivity contribution is 6.05. The lowest BCUT2D eigenvalue weighted by Gasteiger charge is -2.34. The molecule has 0 amide bonds. The molecule has 2 aromatic heterocycles. The first kappa shape index (κ1) is 20.7. The summed E-state index contributed by atoms with van der Waals surface area (Å²) < 4.78 is 9.04. The summed E-state index contributed by atoms with van der Waals surface area (Å²) in [5.41, 5.74) is 3.73. The summed E-state index contributed by atoms with van der Waals surface area (Å²) in [5.74, 6) is 0.766. The van der Waals surface area contributed by atoms with Gasteiger partial charge in [-0.3, -0.25) is 19.2 Å². The van der Waals surface area contributed by atoms with Gasteiger partial charge < -0.3 is 9.30 Å². The molecule has 0 spiro atoms. The number of ether oxygens (including phenoxy) is 1. The molecule has 7 nitrogen and oxygen atoms in total. The van der Waals surface area contributed by atoms with Gasteiger partial charge in [-0.1, -0.05) is 30.3 Å². The summed E-state index contributed by atoms with van der Waals surface area (Å²) in [6, 6.07) is 16.5. The van der Waals surface area contributed by atoms with Crippen LogP contribution < -0.4 is 10.3 Å². The highest BCUT2D eigenvalue weighted by Crippen LogP contribution is 2.27. The average molecular weight is 432 g/mol. The van der Waals surface area contributed by atoms with E-state index in [0.29, 0.717) is 12.1 Å². The van der Waals surface area contributed by atoms with Gasteiger partial charge in [0.05, 0.1) is 19.0 Å². The molecule has 0 radical (unpaired) electrons. The molecule has 0 atom stereocenters. The second kappa shape index (κ2) is 8.76. The fourth-order valence-corrected chi connectivity index (χ4v) is 4.64. The number of benzene rings is 2. The van der Waals surface area contributed by atoms with Crippen molar-refractivity contribution in [3.05, 3.63) is 70.8 Å². The molecular formula is C25H29N5O2. The highest BCUT2D eigenvalue weighted by atomic mass is 16.5. The standard InChI is InChI=1S/C25H29N5O2/c1-27-22-9-8-20(32-2)16-21(22)23-24(27)25(31)30(18-26-23)15-14-28-10-12-29(13-11-28)17-19-6-4-3-5-7-19/h3-9,16,18H,10-15,17H2,1-2H3. The zero-order valence-corrected chi connectivity index (χ0v) is 18.7. The quantitative estimate of drug-likeness (QED) is 0.470. The molecule has 0 aliphatic carbocycles. The Hall–Kier alpha value is -3.16. The summed E-state index contributed by atoms with van der Waals surface area (Å²) in [6.45, 7) is 6.63. The molecule has 2 aromatic carbocycles. The Bertz CT molecular complexity index is 1290. The molecule has 1 aliphatic heterocycles. The van der Waals surface area contributed by atoms with Crippen LogP contribution in [-0.4, -0.2) is 63.8 Å². The predicted molar refractivity (Wildman–Crippen MR) is 127 cm³/mol. The number of piperazine rings is 1. The Labute approximate surface area is 187 Å². The highest BCUT2D eigenvalue weighted by Gasteiger charge is 2.18. The number of hydrogen-bond acceptors (Lipinski definition) is 5. The van der Waals surface area contributed by atoms with E-state index in [-0.39, 0.29) is 5.56 Å². The summed E-state index contributed by atoms with van der Waals surface area (Å²) >= 11 is 0. The molecule has 4 aromatic rings. The Kier molecular flexibility index (Phi) is 5.68. The van der Waals surface area contributed by atoms with Crippen LogP contribution in [0, 0.1) is 0 Å². The van der Waals surface area contributed by atoms with E-state index in [1.165, 1.54) is 5.56 Å². The number of aryl methyl sites for hydroxylation is 1. The molecule has 7 heteroatoms. The van der Waals surface area contributed by atoms with Crippen molar-refractivity contribution in [1.82, 2.24) is 23.9 Å². The van der Waals surface area contributed by atoms with Crippen molar-refractivity contribution in [3.63, 3.8) is 0 Å². The third-order valence-electron chi connectivity index (χ3n) is 6.54. The Balaban J connectivity index is 1.27. The summed E-state index contributed by atoms with van der Waals surface area (Å²) in [6.07, 6.45) is 1.69. The van der Waals surface area contributed by atoms with Gasteiger partial charge >= 0.3 is 0 Å². The topological polar surface area (TPSA) is 55.5 Å². The molecule has 32 heavy (non-hydrogen) atoms. The van der Waals surface area contributed by atoms with Crippen LogP contribution >= 0.6 is 0 Å². The third kappa shape index (κ3) is 3.89. The average Bonchev–Trinajstić information content (AvgIpc) is 3.12. The number of rotatable bonds is 6. The van der Waals surface area contributed by atoms with Gasteiger partial charge in [0.25, 0.3) is 5.56 Å². The van der Waals surface area contributed by atoms with Gasteiger partial charge in [0, 0.05) is 58.2 Å². The first-order valence-corrected chi connectivity index (χ1v) is 11.1. The second-order valence-electron chi connectivity index (χ2n) is 8.49. The van der Waals surface area contributed by atoms with E-state index in [1.807, 2.05) is 29.8 Å². The van der Waals surface area contributed by atoms with E-state index in [1.54, 1.807) is 18.0 Å². The Morgan fingerprint density at radius 3 is 2.47 bits per heavy atom. The van der Waals surface area contributed by atoms with Crippen molar-refractivity contribution in [2.45, 2.75) is 13.1 Å². The van der Waals surface area contributed by atoms with Crippen molar-refractivity contribution in [3.8, 4) is 5.75 Å². The fraction of sp³-hybridized carbons (Fsp3) is 0.360. The Morgan fingerprint density at radius 2 is 1.72 bits per heavy atom. The SMILES string of the molecule is COc1ccc2c(c1)c1ncn(CCN3CCN(Cc4ccccc4)CC3)c(=O)c1n2C. The molecule has 5 rings (SSSR count). The molecule has 0 unspecified atom stereocenters.